The maximum Gasteiger partial charge on any atom is 0.0408 e. The van der Waals surface area contributed by atoms with Crippen LogP contribution in [-0.2, 0) is 12.8 Å². The van der Waals surface area contributed by atoms with Crippen LogP contribution in [0.2, 0.25) is 0 Å². The second-order valence-electron chi connectivity index (χ2n) is 15.4. The summed E-state index contributed by atoms with van der Waals surface area (Å²) in [6.07, 6.45) is 18.7. The molecule has 306 valence electrons. The molecule has 0 aliphatic carbocycles. The molecule has 58 heavy (non-hydrogen) atoms. The van der Waals surface area contributed by atoms with Crippen LogP contribution in [0.5, 0.6) is 0 Å². The number of nitrogens with two attached hydrogens (primary N) is 1. The summed E-state index contributed by atoms with van der Waals surface area (Å²) in [5.41, 5.74) is 18.1. The normalized spacial score (nSPS) is 10.6. The second kappa shape index (κ2) is 26.8. The molecule has 0 bridgehead atoms. The molecule has 0 spiro atoms. The van der Waals surface area contributed by atoms with Crippen molar-refractivity contribution in [1.29, 1.82) is 0 Å². The third-order valence-electron chi connectivity index (χ3n) is 10.6. The zero-order valence-corrected chi connectivity index (χ0v) is 38.7. The molecule has 0 fully saturated rings. The molecule has 0 saturated heterocycles. The molecule has 0 amide bonds. The lowest BCUT2D eigenvalue weighted by molar-refractivity contribution is 0.607. The van der Waals surface area contributed by atoms with Crippen molar-refractivity contribution in [1.82, 2.24) is 0 Å². The highest BCUT2D eigenvalue weighted by atomic mass is 79.9. The largest absolute Gasteiger partial charge is 0.399 e. The van der Waals surface area contributed by atoms with Gasteiger partial charge in [0, 0.05) is 33.1 Å². The number of nitrogens with zero attached hydrogens (tertiary/aromatic N) is 1. The number of halogens is 2. The summed E-state index contributed by atoms with van der Waals surface area (Å²) < 4.78 is 2.22. The smallest absolute Gasteiger partial charge is 0.0408 e. The molecule has 4 heteroatoms. The van der Waals surface area contributed by atoms with Crippen LogP contribution in [0.1, 0.15) is 108 Å². The van der Waals surface area contributed by atoms with Gasteiger partial charge in [-0.15, -0.1) is 0 Å². The number of nitrogen functional groups attached to an aromatic ring is 1. The van der Waals surface area contributed by atoms with Crippen molar-refractivity contribution in [2.75, 3.05) is 17.7 Å². The number of anilines is 3. The van der Waals surface area contributed by atoms with E-state index in [1.54, 1.807) is 0 Å². The highest BCUT2D eigenvalue weighted by Crippen LogP contribution is 2.28. The van der Waals surface area contributed by atoms with E-state index < -0.39 is 0 Å². The summed E-state index contributed by atoms with van der Waals surface area (Å²) in [7, 11) is 2.14. The first kappa shape index (κ1) is 46.6. The first-order chi connectivity index (χ1) is 28.2. The van der Waals surface area contributed by atoms with Crippen molar-refractivity contribution in [3.63, 3.8) is 0 Å². The van der Waals surface area contributed by atoms with Gasteiger partial charge in [-0.05, 0) is 127 Å². The Morgan fingerprint density at radius 2 is 0.707 bits per heavy atom. The van der Waals surface area contributed by atoms with Crippen molar-refractivity contribution < 1.29 is 0 Å². The van der Waals surface area contributed by atoms with Crippen LogP contribution < -0.4 is 10.6 Å². The highest BCUT2D eigenvalue weighted by molar-refractivity contribution is 9.10. The zero-order valence-electron chi connectivity index (χ0n) is 35.5. The predicted octanol–water partition coefficient (Wildman–Crippen LogP) is 17.4. The molecule has 2 nitrogen and oxygen atoms in total. The Bertz CT molecular complexity index is 1910. The van der Waals surface area contributed by atoms with Crippen LogP contribution >= 0.6 is 31.9 Å². The maximum atomic E-state index is 5.64. The Balaban J connectivity index is 0.000000215. The van der Waals surface area contributed by atoms with E-state index in [0.29, 0.717) is 0 Å². The Labute approximate surface area is 368 Å². The van der Waals surface area contributed by atoms with Gasteiger partial charge in [0.15, 0.2) is 0 Å². The van der Waals surface area contributed by atoms with Crippen LogP contribution in [0.25, 0.3) is 22.3 Å². The number of rotatable bonds is 18. The molecule has 0 aliphatic heterocycles. The van der Waals surface area contributed by atoms with E-state index >= 15 is 0 Å². The van der Waals surface area contributed by atoms with E-state index in [1.807, 2.05) is 12.1 Å². The van der Waals surface area contributed by atoms with Crippen LogP contribution in [-0.4, -0.2) is 7.05 Å². The van der Waals surface area contributed by atoms with E-state index in [-0.39, 0.29) is 0 Å². The van der Waals surface area contributed by atoms with E-state index in [0.717, 1.165) is 14.6 Å². The molecule has 2 N–H and O–H groups in total. The van der Waals surface area contributed by atoms with Crippen LogP contribution in [0.3, 0.4) is 0 Å². The zero-order chi connectivity index (χ0) is 41.4. The van der Waals surface area contributed by atoms with E-state index in [4.69, 9.17) is 5.73 Å². The first-order valence-corrected chi connectivity index (χ1v) is 23.2. The van der Waals surface area contributed by atoms with Crippen molar-refractivity contribution in [3.05, 3.63) is 171 Å². The molecule has 0 radical (unpaired) electrons. The van der Waals surface area contributed by atoms with Gasteiger partial charge in [-0.25, -0.2) is 0 Å². The molecular weight excluding hydrogens is 836 g/mol. The molecule has 0 aliphatic rings. The molecule has 6 aromatic carbocycles. The molecule has 0 unspecified atom stereocenters. The van der Waals surface area contributed by atoms with Crippen LogP contribution in [0.4, 0.5) is 17.1 Å². The summed E-state index contributed by atoms with van der Waals surface area (Å²) in [5, 5.41) is 0. The Hall–Kier alpha value is -4.12. The summed E-state index contributed by atoms with van der Waals surface area (Å²) in [5.74, 6) is 0. The number of aryl methyl sites for hydroxylation is 3. The molecule has 0 atom stereocenters. The molecule has 6 rings (SSSR count). The van der Waals surface area contributed by atoms with Crippen LogP contribution in [0, 0.1) is 6.92 Å². The van der Waals surface area contributed by atoms with Gasteiger partial charge in [0.25, 0.3) is 0 Å². The Morgan fingerprint density at radius 3 is 1.10 bits per heavy atom. The van der Waals surface area contributed by atoms with Gasteiger partial charge in [0.05, 0.1) is 0 Å². The first-order valence-electron chi connectivity index (χ1n) is 21.6. The lowest BCUT2D eigenvalue weighted by Crippen LogP contribution is -2.09. The van der Waals surface area contributed by atoms with Crippen molar-refractivity contribution in [2.45, 2.75) is 111 Å². The molecule has 0 aromatic heterocycles. The van der Waals surface area contributed by atoms with E-state index in [9.17, 15) is 0 Å². The molecular formula is C54H66Br2N2. The van der Waals surface area contributed by atoms with Crippen LogP contribution in [0.15, 0.2) is 155 Å². The second-order valence-corrected chi connectivity index (χ2v) is 17.3. The minimum Gasteiger partial charge on any atom is -0.399 e. The Kier molecular flexibility index (Phi) is 21.5. The molecule has 6 aromatic rings. The lowest BCUT2D eigenvalue weighted by Gasteiger charge is -2.20. The van der Waals surface area contributed by atoms with Crippen molar-refractivity contribution >= 4 is 48.9 Å². The minimum absolute atomic E-state index is 0.863. The monoisotopic (exact) mass is 900 g/mol. The van der Waals surface area contributed by atoms with Gasteiger partial charge in [-0.1, -0.05) is 200 Å². The average molecular weight is 903 g/mol. The number of hydrogen-bond donors (Lipinski definition) is 1. The quantitative estimate of drug-likeness (QED) is 0.0688. The summed E-state index contributed by atoms with van der Waals surface area (Å²) in [6.45, 7) is 6.66. The van der Waals surface area contributed by atoms with Gasteiger partial charge in [0.2, 0.25) is 0 Å². The van der Waals surface area contributed by atoms with Gasteiger partial charge in [-0.3, -0.25) is 0 Å². The van der Waals surface area contributed by atoms with Crippen molar-refractivity contribution in [2.24, 2.45) is 0 Å². The molecule has 0 heterocycles. The molecule has 0 saturated carbocycles. The topological polar surface area (TPSA) is 29.3 Å². The fourth-order valence-corrected chi connectivity index (χ4v) is 7.38. The summed E-state index contributed by atoms with van der Waals surface area (Å²) in [4.78, 5) is 2.26. The third kappa shape index (κ3) is 17.4. The highest BCUT2D eigenvalue weighted by Gasteiger charge is 2.06. The Morgan fingerprint density at radius 1 is 0.397 bits per heavy atom. The summed E-state index contributed by atoms with van der Waals surface area (Å²) in [6, 6.07) is 51.5. The predicted molar refractivity (Wildman–Crippen MR) is 263 cm³/mol. The third-order valence-corrected chi connectivity index (χ3v) is 11.7. The fourth-order valence-electron chi connectivity index (χ4n) is 6.85. The SMILES string of the molecule is Brc1ccc(-c2ccc(Br)cc2)cc1.CCCCCCCCc1ccc(N(C)c2ccc(-c3ccc(C)cc3)cc2)cc1.CCCCCCCCc1ccc(N)cc1. The average Bonchev–Trinajstić information content (AvgIpc) is 3.25. The lowest BCUT2D eigenvalue weighted by atomic mass is 10.0. The van der Waals surface area contributed by atoms with E-state index in [1.165, 1.54) is 140 Å². The maximum absolute atomic E-state index is 5.64. The van der Waals surface area contributed by atoms with E-state index in [2.05, 4.69) is 198 Å². The minimum atomic E-state index is 0.863. The van der Waals surface area contributed by atoms with Crippen molar-refractivity contribution in [3.8, 4) is 22.3 Å². The van der Waals surface area contributed by atoms with Gasteiger partial charge in [-0.2, -0.15) is 0 Å². The summed E-state index contributed by atoms with van der Waals surface area (Å²) >= 11 is 6.84. The number of unbranched alkanes of at least 4 members (excludes halogenated alkanes) is 10. The number of benzene rings is 6. The fraction of sp³-hybridized carbons (Fsp3) is 0.333. The number of hydrogen-bond acceptors (Lipinski definition) is 2. The standard InChI is InChI=1S/C28H35N.C14H23N.C12H8Br2/c1-4-5-6-7-8-9-10-24-13-19-27(20-14-24)29(3)28-21-17-26(18-22-28)25-15-11-23(2)12-16-25;1-2-3-4-5-6-7-8-13-9-11-14(15)12-10-13;13-11-5-1-9(2-6-11)10-3-7-12(14)8-4-10/h11-22H,4-10H2,1-3H3;9-12H,2-8,15H2,1H3;1-8H. The van der Waals surface area contributed by atoms with Gasteiger partial charge in [0.1, 0.15) is 0 Å². The van der Waals surface area contributed by atoms with Gasteiger partial charge < -0.3 is 10.6 Å². The van der Waals surface area contributed by atoms with Gasteiger partial charge >= 0.3 is 0 Å².